The lowest BCUT2D eigenvalue weighted by atomic mass is 10.1. The number of amides is 2. The standard InChI is InChI=1S/C32H22Cl4N6O8/c1-4-41(3)17-6-8-21(14(2)9-17)38-24-30(40-42(32(24)50)25-19(35)10-15(33)11-20(25)36)39-22-12-16(5-7-18(22)34)37-31(49)29(48)28(47)27(46)26(45)23(44)13-43/h5-13H,4H2,1-3H3,(H,37,49)(H,39,40). The second-order valence-corrected chi connectivity index (χ2v) is 12.0. The number of anilines is 4. The average molecular weight is 760 g/mol. The number of Topliss-reactive ketones (excluding diaryl/α,β-unsaturated/α-hetero) is 5. The number of rotatable bonds is 12. The first kappa shape index (κ1) is 37.5. The number of halogens is 4. The number of benzene rings is 3. The van der Waals surface area contributed by atoms with Gasteiger partial charge in [0.15, 0.2) is 17.8 Å². The van der Waals surface area contributed by atoms with Crippen molar-refractivity contribution in [3.05, 3.63) is 74.2 Å². The monoisotopic (exact) mass is 758 g/mol. The van der Waals surface area contributed by atoms with Gasteiger partial charge in [-0.15, -0.1) is 5.10 Å². The predicted molar refractivity (Wildman–Crippen MR) is 188 cm³/mol. The number of carbonyl (C=O) groups is 8. The van der Waals surface area contributed by atoms with E-state index in [4.69, 9.17) is 46.4 Å². The Morgan fingerprint density at radius 2 is 1.52 bits per heavy atom. The molecule has 1 aliphatic rings. The predicted octanol–water partition coefficient (Wildman–Crippen LogP) is 4.59. The minimum Gasteiger partial charge on any atom is -0.375 e. The SMILES string of the molecule is CCN(C)c1ccc(N=C2C(=O)N(c3c(Cl)cc(Cl)cc3Cl)N=C2Nc2cc(NC(=O)C(=O)C(=O)C(=O)C(=O)C(=O)C=O)ccc2Cl)c(C)c1. The molecule has 0 atom stereocenters. The van der Waals surface area contributed by atoms with E-state index in [1.165, 1.54) is 30.3 Å². The van der Waals surface area contributed by atoms with Crippen LogP contribution in [0.2, 0.25) is 20.1 Å². The molecule has 3 aromatic rings. The molecule has 1 aliphatic heterocycles. The number of nitrogens with zero attached hydrogens (tertiary/aromatic N) is 4. The molecule has 18 heteroatoms. The molecule has 0 bridgehead atoms. The summed E-state index contributed by atoms with van der Waals surface area (Å²) in [5, 5.41) is 10.4. The van der Waals surface area contributed by atoms with Crippen molar-refractivity contribution < 1.29 is 38.4 Å². The summed E-state index contributed by atoms with van der Waals surface area (Å²) in [7, 11) is 1.92. The maximum absolute atomic E-state index is 13.9. The van der Waals surface area contributed by atoms with E-state index in [0.29, 0.717) is 5.69 Å². The van der Waals surface area contributed by atoms with Crippen LogP contribution in [0, 0.1) is 6.92 Å². The first-order chi connectivity index (χ1) is 23.6. The highest BCUT2D eigenvalue weighted by Crippen LogP contribution is 2.39. The Hall–Kier alpha value is -5.28. The lowest BCUT2D eigenvalue weighted by Gasteiger charge is -2.18. The number of hydrogen-bond donors (Lipinski definition) is 2. The molecular formula is C32H22Cl4N6O8. The Kier molecular flexibility index (Phi) is 11.6. The normalized spacial score (nSPS) is 13.1. The van der Waals surface area contributed by atoms with Crippen LogP contribution in [0.4, 0.5) is 28.4 Å². The summed E-state index contributed by atoms with van der Waals surface area (Å²) in [5.41, 5.74) is 1.72. The third-order valence-electron chi connectivity index (χ3n) is 6.97. The van der Waals surface area contributed by atoms with Crippen molar-refractivity contribution >= 4 is 133 Å². The van der Waals surface area contributed by atoms with Gasteiger partial charge in [0, 0.05) is 30.0 Å². The molecule has 50 heavy (non-hydrogen) atoms. The summed E-state index contributed by atoms with van der Waals surface area (Å²) in [6.45, 7) is 4.54. The molecule has 0 radical (unpaired) electrons. The highest BCUT2D eigenvalue weighted by Gasteiger charge is 2.37. The molecule has 2 N–H and O–H groups in total. The van der Waals surface area contributed by atoms with E-state index in [1.807, 2.05) is 31.0 Å². The molecule has 0 spiro atoms. The highest BCUT2D eigenvalue weighted by atomic mass is 35.5. The number of hydrogen-bond acceptors (Lipinski definition) is 12. The van der Waals surface area contributed by atoms with Crippen molar-refractivity contribution in [3.8, 4) is 0 Å². The van der Waals surface area contributed by atoms with E-state index >= 15 is 0 Å². The number of carbonyl (C=O) groups excluding carboxylic acids is 8. The van der Waals surface area contributed by atoms with Gasteiger partial charge < -0.3 is 15.5 Å². The summed E-state index contributed by atoms with van der Waals surface area (Å²) in [5.74, 6) is -12.7. The first-order valence-electron chi connectivity index (χ1n) is 14.1. The third-order valence-corrected chi connectivity index (χ3v) is 8.10. The fourth-order valence-corrected chi connectivity index (χ4v) is 5.40. The quantitative estimate of drug-likeness (QED) is 0.150. The number of amidine groups is 1. The zero-order valence-electron chi connectivity index (χ0n) is 26.0. The fourth-order valence-electron chi connectivity index (χ4n) is 4.26. The Balaban J connectivity index is 1.71. The van der Waals surface area contributed by atoms with Gasteiger partial charge in [-0.05, 0) is 67.9 Å². The van der Waals surface area contributed by atoms with Crippen molar-refractivity contribution in [1.82, 2.24) is 0 Å². The van der Waals surface area contributed by atoms with Gasteiger partial charge in [0.25, 0.3) is 34.8 Å². The van der Waals surface area contributed by atoms with Crippen LogP contribution in [0.1, 0.15) is 12.5 Å². The topological polar surface area (TPSA) is 192 Å². The molecule has 3 aromatic carbocycles. The lowest BCUT2D eigenvalue weighted by Crippen LogP contribution is -2.40. The molecule has 1 heterocycles. The number of aldehydes is 1. The van der Waals surface area contributed by atoms with Crippen molar-refractivity contribution in [2.75, 3.05) is 34.1 Å². The molecule has 4 rings (SSSR count). The number of aryl methyl sites for hydroxylation is 1. The van der Waals surface area contributed by atoms with Crippen molar-refractivity contribution in [3.63, 3.8) is 0 Å². The van der Waals surface area contributed by atoms with E-state index in [2.05, 4.69) is 20.7 Å². The van der Waals surface area contributed by atoms with E-state index in [-0.39, 0.29) is 48.7 Å². The molecule has 0 aliphatic carbocycles. The molecule has 0 saturated carbocycles. The highest BCUT2D eigenvalue weighted by molar-refractivity contribution is 6.95. The van der Waals surface area contributed by atoms with Crippen LogP contribution in [0.15, 0.2) is 58.6 Å². The minimum atomic E-state index is -2.15. The van der Waals surface area contributed by atoms with Gasteiger partial charge in [-0.2, -0.15) is 5.01 Å². The second kappa shape index (κ2) is 15.5. The number of ketones is 5. The average Bonchev–Trinajstić information content (AvgIpc) is 3.37. The molecule has 14 nitrogen and oxygen atoms in total. The van der Waals surface area contributed by atoms with Crippen LogP contribution in [0.3, 0.4) is 0 Å². The molecule has 0 aromatic heterocycles. The summed E-state index contributed by atoms with van der Waals surface area (Å²) >= 11 is 25.3. The van der Waals surface area contributed by atoms with Gasteiger partial charge in [0.2, 0.25) is 0 Å². The van der Waals surface area contributed by atoms with Gasteiger partial charge in [0.05, 0.1) is 26.4 Å². The first-order valence-corrected chi connectivity index (χ1v) is 15.6. The third kappa shape index (κ3) is 7.95. The Bertz CT molecular complexity index is 2080. The van der Waals surface area contributed by atoms with Crippen LogP contribution >= 0.6 is 46.4 Å². The molecule has 0 unspecified atom stereocenters. The lowest BCUT2D eigenvalue weighted by molar-refractivity contribution is -0.152. The van der Waals surface area contributed by atoms with Crippen molar-refractivity contribution in [1.29, 1.82) is 0 Å². The summed E-state index contributed by atoms with van der Waals surface area (Å²) < 4.78 is 0. The van der Waals surface area contributed by atoms with Crippen molar-refractivity contribution in [2.45, 2.75) is 13.8 Å². The zero-order valence-corrected chi connectivity index (χ0v) is 29.0. The van der Waals surface area contributed by atoms with Crippen LogP contribution in [-0.4, -0.2) is 72.2 Å². The van der Waals surface area contributed by atoms with E-state index in [9.17, 15) is 38.4 Å². The van der Waals surface area contributed by atoms with Gasteiger partial charge in [-0.1, -0.05) is 46.4 Å². The van der Waals surface area contributed by atoms with Crippen LogP contribution < -0.4 is 20.5 Å². The van der Waals surface area contributed by atoms with E-state index in [0.717, 1.165) is 22.8 Å². The summed E-state index contributed by atoms with van der Waals surface area (Å²) in [4.78, 5) is 102. The van der Waals surface area contributed by atoms with E-state index < -0.39 is 47.0 Å². The van der Waals surface area contributed by atoms with E-state index in [1.54, 1.807) is 13.0 Å². The molecule has 2 amide bonds. The Morgan fingerprint density at radius 1 is 0.880 bits per heavy atom. The van der Waals surface area contributed by atoms with Crippen LogP contribution in [-0.2, 0) is 38.4 Å². The molecular weight excluding hydrogens is 738 g/mol. The van der Waals surface area contributed by atoms with Crippen molar-refractivity contribution in [2.24, 2.45) is 10.1 Å². The van der Waals surface area contributed by atoms with Crippen LogP contribution in [0.5, 0.6) is 0 Å². The minimum absolute atomic E-state index is 0.000925. The van der Waals surface area contributed by atoms with Gasteiger partial charge in [-0.3, -0.25) is 38.4 Å². The summed E-state index contributed by atoms with van der Waals surface area (Å²) in [6.07, 6.45) is -0.514. The smallest absolute Gasteiger partial charge is 0.301 e. The summed E-state index contributed by atoms with van der Waals surface area (Å²) in [6, 6.07) is 11.8. The fraction of sp³-hybridized carbons (Fsp3) is 0.125. The molecule has 0 saturated heterocycles. The second-order valence-electron chi connectivity index (χ2n) is 10.3. The maximum atomic E-state index is 13.9. The van der Waals surface area contributed by atoms with Gasteiger partial charge in [0.1, 0.15) is 5.69 Å². The van der Waals surface area contributed by atoms with Gasteiger partial charge in [-0.25, -0.2) is 4.99 Å². The maximum Gasteiger partial charge on any atom is 0.301 e. The number of nitrogens with one attached hydrogen (secondary N) is 2. The molecule has 0 fully saturated rings. The number of hydrazone groups is 1. The van der Waals surface area contributed by atoms with Gasteiger partial charge >= 0.3 is 5.91 Å². The molecule has 256 valence electrons. The zero-order chi connectivity index (χ0) is 37.0. The largest absolute Gasteiger partial charge is 0.375 e. The van der Waals surface area contributed by atoms with Crippen LogP contribution in [0.25, 0.3) is 0 Å². The number of aliphatic imine (C=N–C) groups is 1. The Labute approximate surface area is 303 Å². The Morgan fingerprint density at radius 3 is 2.12 bits per heavy atom.